The fraction of sp³-hybridized carbons (Fsp3) is 0.130. The smallest absolute Gasteiger partial charge is 0.251 e. The van der Waals surface area contributed by atoms with Crippen LogP contribution in [0.2, 0.25) is 0 Å². The summed E-state index contributed by atoms with van der Waals surface area (Å²) in [7, 11) is 0. The van der Waals surface area contributed by atoms with Gasteiger partial charge in [0.25, 0.3) is 5.91 Å². The summed E-state index contributed by atoms with van der Waals surface area (Å²) < 4.78 is 0. The fourth-order valence-electron chi connectivity index (χ4n) is 2.76. The van der Waals surface area contributed by atoms with Crippen LogP contribution in [0.5, 0.6) is 0 Å². The van der Waals surface area contributed by atoms with Crippen LogP contribution in [0.4, 0.5) is 17.1 Å². The molecule has 0 fully saturated rings. The summed E-state index contributed by atoms with van der Waals surface area (Å²) >= 11 is 0. The van der Waals surface area contributed by atoms with Gasteiger partial charge in [-0.2, -0.15) is 0 Å². The van der Waals surface area contributed by atoms with E-state index in [2.05, 4.69) is 16.0 Å². The summed E-state index contributed by atoms with van der Waals surface area (Å²) in [4.78, 5) is 24.4. The first-order valence-corrected chi connectivity index (χ1v) is 9.18. The van der Waals surface area contributed by atoms with Crippen LogP contribution in [-0.2, 0) is 4.79 Å². The molecule has 0 bridgehead atoms. The summed E-state index contributed by atoms with van der Waals surface area (Å²) in [6.45, 7) is 1.81. The zero-order chi connectivity index (χ0) is 19.8. The van der Waals surface area contributed by atoms with E-state index < -0.39 is 0 Å². The van der Waals surface area contributed by atoms with Crippen molar-refractivity contribution in [3.05, 3.63) is 90.5 Å². The van der Waals surface area contributed by atoms with E-state index in [-0.39, 0.29) is 24.3 Å². The molecule has 0 saturated carbocycles. The normalized spacial score (nSPS) is 11.3. The number of amides is 2. The molecule has 0 aliphatic carbocycles. The van der Waals surface area contributed by atoms with Crippen LogP contribution in [0.1, 0.15) is 23.7 Å². The molecule has 142 valence electrons. The third kappa shape index (κ3) is 5.71. The Morgan fingerprint density at radius 3 is 1.93 bits per heavy atom. The molecule has 0 radical (unpaired) electrons. The van der Waals surface area contributed by atoms with E-state index in [9.17, 15) is 9.59 Å². The third-order valence-corrected chi connectivity index (χ3v) is 4.14. The summed E-state index contributed by atoms with van der Waals surface area (Å²) in [5.74, 6) is -0.332. The number of benzene rings is 3. The number of hydrogen-bond donors (Lipinski definition) is 3. The Balaban J connectivity index is 1.48. The van der Waals surface area contributed by atoms with Gasteiger partial charge in [-0.25, -0.2) is 0 Å². The molecule has 0 aliphatic rings. The fourth-order valence-corrected chi connectivity index (χ4v) is 2.76. The number of anilines is 3. The molecule has 1 atom stereocenters. The molecule has 3 aromatic rings. The number of nitrogens with one attached hydrogen (secondary N) is 3. The number of rotatable bonds is 7. The molecule has 0 spiro atoms. The van der Waals surface area contributed by atoms with E-state index >= 15 is 0 Å². The topological polar surface area (TPSA) is 70.2 Å². The SMILES string of the molecule is C[C@@H](CC(=O)Nc1ccc(Nc2ccccc2)cc1)NC(=O)c1ccccc1. The Bertz CT molecular complexity index is 910. The van der Waals surface area contributed by atoms with Gasteiger partial charge in [-0.05, 0) is 55.5 Å². The highest BCUT2D eigenvalue weighted by molar-refractivity contribution is 5.95. The first-order valence-electron chi connectivity index (χ1n) is 9.18. The van der Waals surface area contributed by atoms with Gasteiger partial charge in [0.15, 0.2) is 0 Å². The van der Waals surface area contributed by atoms with Crippen molar-refractivity contribution in [2.24, 2.45) is 0 Å². The maximum atomic E-state index is 12.2. The highest BCUT2D eigenvalue weighted by atomic mass is 16.2. The lowest BCUT2D eigenvalue weighted by Gasteiger charge is -2.14. The highest BCUT2D eigenvalue weighted by Crippen LogP contribution is 2.18. The molecule has 3 aromatic carbocycles. The Kier molecular flexibility index (Phi) is 6.41. The van der Waals surface area contributed by atoms with Gasteiger partial charge in [-0.15, -0.1) is 0 Å². The summed E-state index contributed by atoms with van der Waals surface area (Å²) in [5.41, 5.74) is 3.23. The monoisotopic (exact) mass is 373 g/mol. The van der Waals surface area contributed by atoms with Crippen LogP contribution < -0.4 is 16.0 Å². The minimum absolute atomic E-state index is 0.148. The van der Waals surface area contributed by atoms with Gasteiger partial charge < -0.3 is 16.0 Å². The molecule has 2 amide bonds. The zero-order valence-electron chi connectivity index (χ0n) is 15.7. The first kappa shape index (κ1) is 19.2. The number of para-hydroxylation sites is 1. The largest absolute Gasteiger partial charge is 0.356 e. The third-order valence-electron chi connectivity index (χ3n) is 4.14. The van der Waals surface area contributed by atoms with Crippen LogP contribution in [0.3, 0.4) is 0 Å². The van der Waals surface area contributed by atoms with Crippen LogP contribution in [0.15, 0.2) is 84.9 Å². The van der Waals surface area contributed by atoms with Gasteiger partial charge in [0.2, 0.25) is 5.91 Å². The molecule has 3 N–H and O–H groups in total. The van der Waals surface area contributed by atoms with Crippen molar-refractivity contribution in [3.63, 3.8) is 0 Å². The lowest BCUT2D eigenvalue weighted by atomic mass is 10.1. The van der Waals surface area contributed by atoms with Crippen LogP contribution in [0, 0.1) is 0 Å². The van der Waals surface area contributed by atoms with E-state index in [1.165, 1.54) is 0 Å². The van der Waals surface area contributed by atoms with Crippen molar-refractivity contribution < 1.29 is 9.59 Å². The standard InChI is InChI=1S/C23H23N3O2/c1-17(24-23(28)18-8-4-2-5-9-18)16-22(27)26-21-14-12-20(13-15-21)25-19-10-6-3-7-11-19/h2-15,17,25H,16H2,1H3,(H,24,28)(H,26,27)/t17-/m0/s1. The predicted molar refractivity (Wildman–Crippen MR) is 113 cm³/mol. The summed E-state index contributed by atoms with van der Waals surface area (Å²) in [6.07, 6.45) is 0.197. The lowest BCUT2D eigenvalue weighted by molar-refractivity contribution is -0.116. The van der Waals surface area contributed by atoms with Crippen molar-refractivity contribution in [3.8, 4) is 0 Å². The number of hydrogen-bond acceptors (Lipinski definition) is 3. The Labute approximate surface area is 164 Å². The van der Waals surface area contributed by atoms with Crippen molar-refractivity contribution in [2.75, 3.05) is 10.6 Å². The van der Waals surface area contributed by atoms with Crippen LogP contribution >= 0.6 is 0 Å². The van der Waals surface area contributed by atoms with Crippen molar-refractivity contribution in [2.45, 2.75) is 19.4 Å². The molecule has 0 heterocycles. The second-order valence-corrected chi connectivity index (χ2v) is 6.56. The van der Waals surface area contributed by atoms with E-state index in [1.54, 1.807) is 12.1 Å². The average molecular weight is 373 g/mol. The van der Waals surface area contributed by atoms with E-state index in [0.29, 0.717) is 11.3 Å². The van der Waals surface area contributed by atoms with E-state index in [0.717, 1.165) is 11.4 Å². The van der Waals surface area contributed by atoms with Gasteiger partial charge >= 0.3 is 0 Å². The van der Waals surface area contributed by atoms with Crippen LogP contribution in [-0.4, -0.2) is 17.9 Å². The maximum absolute atomic E-state index is 12.2. The molecule has 0 unspecified atom stereocenters. The number of carbonyl (C=O) groups is 2. The lowest BCUT2D eigenvalue weighted by Crippen LogP contribution is -2.35. The molecule has 5 heteroatoms. The molecule has 0 aromatic heterocycles. The quantitative estimate of drug-likeness (QED) is 0.568. The minimum Gasteiger partial charge on any atom is -0.356 e. The Morgan fingerprint density at radius 1 is 0.750 bits per heavy atom. The molecule has 3 rings (SSSR count). The predicted octanol–water partition coefficient (Wildman–Crippen LogP) is 4.58. The second kappa shape index (κ2) is 9.37. The van der Waals surface area contributed by atoms with Crippen LogP contribution in [0.25, 0.3) is 0 Å². The van der Waals surface area contributed by atoms with Crippen molar-refractivity contribution >= 4 is 28.9 Å². The molecule has 0 aliphatic heterocycles. The molecular formula is C23H23N3O2. The maximum Gasteiger partial charge on any atom is 0.251 e. The van der Waals surface area contributed by atoms with E-state index in [1.807, 2.05) is 79.7 Å². The molecule has 28 heavy (non-hydrogen) atoms. The highest BCUT2D eigenvalue weighted by Gasteiger charge is 2.13. The molecule has 5 nitrogen and oxygen atoms in total. The Hall–Kier alpha value is -3.60. The van der Waals surface area contributed by atoms with Gasteiger partial charge in [0, 0.05) is 35.1 Å². The second-order valence-electron chi connectivity index (χ2n) is 6.56. The average Bonchev–Trinajstić information content (AvgIpc) is 2.70. The van der Waals surface area contributed by atoms with Gasteiger partial charge in [0.1, 0.15) is 0 Å². The van der Waals surface area contributed by atoms with Gasteiger partial charge in [-0.1, -0.05) is 36.4 Å². The molecule has 0 saturated heterocycles. The van der Waals surface area contributed by atoms with E-state index in [4.69, 9.17) is 0 Å². The first-order chi connectivity index (χ1) is 13.6. The van der Waals surface area contributed by atoms with Gasteiger partial charge in [-0.3, -0.25) is 9.59 Å². The number of carbonyl (C=O) groups excluding carboxylic acids is 2. The van der Waals surface area contributed by atoms with Crippen molar-refractivity contribution in [1.29, 1.82) is 0 Å². The summed E-state index contributed by atoms with van der Waals surface area (Å²) in [5, 5.41) is 8.99. The van der Waals surface area contributed by atoms with Crippen molar-refractivity contribution in [1.82, 2.24) is 5.32 Å². The Morgan fingerprint density at radius 2 is 1.29 bits per heavy atom. The minimum atomic E-state index is -0.272. The summed E-state index contributed by atoms with van der Waals surface area (Å²) in [6, 6.07) is 26.1. The zero-order valence-corrected chi connectivity index (χ0v) is 15.7. The molecular weight excluding hydrogens is 350 g/mol. The van der Waals surface area contributed by atoms with Gasteiger partial charge in [0.05, 0.1) is 0 Å².